The van der Waals surface area contributed by atoms with Gasteiger partial charge in [0, 0.05) is 28.3 Å². The molecular weight excluding hydrogens is 474 g/mol. The Morgan fingerprint density at radius 3 is 1.47 bits per heavy atom. The Balaban J connectivity index is 0.000000426. The minimum absolute atomic E-state index is 0. The first kappa shape index (κ1) is 28.7. The van der Waals surface area contributed by atoms with E-state index in [2.05, 4.69) is 35.0 Å². The highest BCUT2D eigenvalue weighted by atomic mass is 35.5. The van der Waals surface area contributed by atoms with Crippen LogP contribution in [-0.2, 0) is 19.4 Å². The summed E-state index contributed by atoms with van der Waals surface area (Å²) >= 11 is 6.88. The molecule has 0 amide bonds. The van der Waals surface area contributed by atoms with E-state index in [1.54, 1.807) is 17.4 Å². The molecule has 4 rings (SSSR count). The van der Waals surface area contributed by atoms with Gasteiger partial charge >= 0.3 is 0 Å². The molecule has 4 aromatic heterocycles. The SMILES string of the molecule is CO.Cl.NCc1cccs1.O=Cc1cccs1.c1csc(CCCc2cccs2)c1. The van der Waals surface area contributed by atoms with E-state index in [4.69, 9.17) is 10.8 Å². The highest BCUT2D eigenvalue weighted by molar-refractivity contribution is 7.11. The lowest BCUT2D eigenvalue weighted by Gasteiger charge is -1.95. The van der Waals surface area contributed by atoms with Crippen LogP contribution in [0.5, 0.6) is 0 Å². The number of aryl methyl sites for hydroxylation is 2. The van der Waals surface area contributed by atoms with Gasteiger partial charge in [0.25, 0.3) is 0 Å². The highest BCUT2D eigenvalue weighted by Gasteiger charge is 1.96. The van der Waals surface area contributed by atoms with Gasteiger partial charge in [-0.3, -0.25) is 4.79 Å². The van der Waals surface area contributed by atoms with Crippen LogP contribution in [0.1, 0.15) is 30.7 Å². The van der Waals surface area contributed by atoms with Crippen LogP contribution in [0.2, 0.25) is 0 Å². The van der Waals surface area contributed by atoms with Crippen molar-refractivity contribution in [3.05, 3.63) is 89.6 Å². The number of halogens is 1. The van der Waals surface area contributed by atoms with Crippen molar-refractivity contribution in [2.45, 2.75) is 25.8 Å². The van der Waals surface area contributed by atoms with E-state index in [0.29, 0.717) is 6.54 Å². The van der Waals surface area contributed by atoms with E-state index in [1.807, 2.05) is 51.6 Å². The van der Waals surface area contributed by atoms with Crippen molar-refractivity contribution in [2.75, 3.05) is 7.11 Å². The molecule has 164 valence electrons. The minimum Gasteiger partial charge on any atom is -0.400 e. The summed E-state index contributed by atoms with van der Waals surface area (Å²) in [6.45, 7) is 0.678. The number of aliphatic hydroxyl groups is 1. The lowest BCUT2D eigenvalue weighted by molar-refractivity contribution is 0.112. The van der Waals surface area contributed by atoms with Crippen molar-refractivity contribution >= 4 is 64.0 Å². The van der Waals surface area contributed by atoms with Crippen molar-refractivity contribution in [3.8, 4) is 0 Å². The summed E-state index contributed by atoms with van der Waals surface area (Å²) in [5.74, 6) is 0. The molecule has 4 heterocycles. The summed E-state index contributed by atoms with van der Waals surface area (Å²) in [6, 6.07) is 16.4. The second-order valence-corrected chi connectivity index (χ2v) is 9.51. The molecule has 30 heavy (non-hydrogen) atoms. The molecule has 0 atom stereocenters. The van der Waals surface area contributed by atoms with Crippen molar-refractivity contribution in [1.29, 1.82) is 0 Å². The van der Waals surface area contributed by atoms with Crippen LogP contribution in [-0.4, -0.2) is 18.5 Å². The van der Waals surface area contributed by atoms with Crippen LogP contribution in [0.25, 0.3) is 0 Å². The third-order valence-electron chi connectivity index (χ3n) is 3.45. The molecule has 0 aliphatic heterocycles. The molecule has 3 nitrogen and oxygen atoms in total. The van der Waals surface area contributed by atoms with Gasteiger partial charge in [0.15, 0.2) is 6.29 Å². The number of aliphatic hydroxyl groups excluding tert-OH is 1. The van der Waals surface area contributed by atoms with Gasteiger partial charge in [-0.15, -0.1) is 57.8 Å². The van der Waals surface area contributed by atoms with E-state index >= 15 is 0 Å². The molecule has 0 fully saturated rings. The largest absolute Gasteiger partial charge is 0.400 e. The van der Waals surface area contributed by atoms with Crippen LogP contribution >= 0.6 is 57.8 Å². The summed E-state index contributed by atoms with van der Waals surface area (Å²) in [4.78, 5) is 14.9. The van der Waals surface area contributed by atoms with Crippen molar-refractivity contribution in [1.82, 2.24) is 0 Å². The molecule has 4 aromatic rings. The lowest BCUT2D eigenvalue weighted by atomic mass is 10.2. The molecule has 0 spiro atoms. The quantitative estimate of drug-likeness (QED) is 0.286. The van der Waals surface area contributed by atoms with E-state index in [9.17, 15) is 4.79 Å². The minimum atomic E-state index is 0. The second-order valence-electron chi connectivity index (χ2n) is 5.43. The maximum Gasteiger partial charge on any atom is 0.159 e. The maximum absolute atomic E-state index is 9.88. The molecule has 3 N–H and O–H groups in total. The van der Waals surface area contributed by atoms with Gasteiger partial charge in [0.1, 0.15) is 0 Å². The molecule has 0 saturated heterocycles. The smallest absolute Gasteiger partial charge is 0.159 e. The number of carbonyl (C=O) groups excluding carboxylic acids is 1. The first-order valence-electron chi connectivity index (χ1n) is 9.02. The van der Waals surface area contributed by atoms with Gasteiger partial charge in [-0.25, -0.2) is 0 Å². The van der Waals surface area contributed by atoms with Gasteiger partial charge in [-0.05, 0) is 65.0 Å². The third kappa shape index (κ3) is 13.1. The normalized spacial score (nSPS) is 8.90. The molecule has 0 aliphatic rings. The number of aldehydes is 1. The van der Waals surface area contributed by atoms with Gasteiger partial charge in [0.2, 0.25) is 0 Å². The molecule has 0 saturated carbocycles. The topological polar surface area (TPSA) is 63.3 Å². The fourth-order valence-electron chi connectivity index (χ4n) is 2.13. The summed E-state index contributed by atoms with van der Waals surface area (Å²) in [5.41, 5.74) is 5.30. The predicted octanol–water partition coefficient (Wildman–Crippen LogP) is 6.78. The molecule has 0 aromatic carbocycles. The van der Waals surface area contributed by atoms with Crippen LogP contribution in [0.4, 0.5) is 0 Å². The van der Waals surface area contributed by atoms with Crippen molar-refractivity contribution in [2.24, 2.45) is 5.73 Å². The summed E-state index contributed by atoms with van der Waals surface area (Å²) < 4.78 is 0. The molecule has 0 aliphatic carbocycles. The van der Waals surface area contributed by atoms with E-state index in [-0.39, 0.29) is 12.4 Å². The van der Waals surface area contributed by atoms with E-state index in [0.717, 1.165) is 18.3 Å². The number of thiophene rings is 4. The number of nitrogens with two attached hydrogens (primary N) is 1. The van der Waals surface area contributed by atoms with E-state index < -0.39 is 0 Å². The second kappa shape index (κ2) is 19.6. The average Bonchev–Trinajstić information content (AvgIpc) is 3.59. The lowest BCUT2D eigenvalue weighted by Crippen LogP contribution is -1.90. The fraction of sp³-hybridized carbons (Fsp3) is 0.227. The Hall–Kier alpha value is -1.32. The van der Waals surface area contributed by atoms with E-state index in [1.165, 1.54) is 45.2 Å². The molecule has 8 heteroatoms. The average molecular weight is 502 g/mol. The zero-order valence-corrected chi connectivity index (χ0v) is 20.9. The monoisotopic (exact) mass is 501 g/mol. The first-order valence-corrected chi connectivity index (χ1v) is 12.5. The number of carbonyl (C=O) groups is 1. The zero-order valence-electron chi connectivity index (χ0n) is 16.8. The van der Waals surface area contributed by atoms with Crippen LogP contribution in [0, 0.1) is 0 Å². The zero-order chi connectivity index (χ0) is 21.2. The van der Waals surface area contributed by atoms with Gasteiger partial charge in [-0.1, -0.05) is 24.3 Å². The van der Waals surface area contributed by atoms with Gasteiger partial charge < -0.3 is 10.8 Å². The number of hydrogen-bond donors (Lipinski definition) is 2. The predicted molar refractivity (Wildman–Crippen MR) is 138 cm³/mol. The Labute approximate surface area is 201 Å². The molecular formula is C22H28ClNO2S4. The van der Waals surface area contributed by atoms with Crippen LogP contribution in [0.15, 0.2) is 70.1 Å². The van der Waals surface area contributed by atoms with Crippen LogP contribution in [0.3, 0.4) is 0 Å². The Morgan fingerprint density at radius 1 is 0.767 bits per heavy atom. The summed E-state index contributed by atoms with van der Waals surface area (Å²) in [6.07, 6.45) is 4.59. The number of hydrogen-bond acceptors (Lipinski definition) is 7. The van der Waals surface area contributed by atoms with Gasteiger partial charge in [-0.2, -0.15) is 0 Å². The Kier molecular flexibility index (Phi) is 18.8. The highest BCUT2D eigenvalue weighted by Crippen LogP contribution is 2.15. The molecule has 0 radical (unpaired) electrons. The Morgan fingerprint density at radius 2 is 1.20 bits per heavy atom. The third-order valence-corrected chi connectivity index (χ3v) is 7.02. The molecule has 0 unspecified atom stereocenters. The van der Waals surface area contributed by atoms with Crippen molar-refractivity contribution in [3.63, 3.8) is 0 Å². The van der Waals surface area contributed by atoms with Gasteiger partial charge in [0.05, 0.1) is 4.88 Å². The summed E-state index contributed by atoms with van der Waals surface area (Å²) in [7, 11) is 1.00. The Bertz CT molecular complexity index is 781. The van der Waals surface area contributed by atoms with Crippen LogP contribution < -0.4 is 5.73 Å². The maximum atomic E-state index is 9.88. The fourth-order valence-corrected chi connectivity index (χ4v) is 4.75. The first-order chi connectivity index (χ1) is 14.3. The van der Waals surface area contributed by atoms with Crippen molar-refractivity contribution < 1.29 is 9.90 Å². The standard InChI is InChI=1S/C11H12S2.C5H7NS.C5H4OS.CH4O.ClH/c1(4-10-6-2-8-12-10)5-11-7-3-9-13-11;2*6-4-5-2-1-3-7-5;1-2;/h2-3,6-9H,1,4-5H2;1-3H,4,6H2;1-4H;2H,1H3;1H. The number of rotatable bonds is 6. The molecule has 0 bridgehead atoms. The summed E-state index contributed by atoms with van der Waals surface area (Å²) in [5, 5.41) is 15.2.